The molecular weight excluding hydrogens is 318 g/mol. The third-order valence-electron chi connectivity index (χ3n) is 0.268. The maximum Gasteiger partial charge on any atom is 1.00 e. The molecule has 0 rings (SSSR count). The molecule has 0 heterocycles. The monoisotopic (exact) mass is 324 g/mol. The molecule has 0 aromatic carbocycles. The Morgan fingerprint density at radius 1 is 0.722 bits per heavy atom. The van der Waals surface area contributed by atoms with Crippen LogP contribution in [0, 0.1) is 0 Å². The molecule has 96 valence electrons. The standard InChI is InChI=1S/C4H4O2.2Na.2H2O4S/c5-3-1-2-4-6;;;2*1-5(2,3)4/h1-4H;;;2*(H2,1,2,3,4)/q;2*+1;;/p-2/b2-1-;;;;. The summed E-state index contributed by atoms with van der Waals surface area (Å²) in [5, 5.41) is 0. The van der Waals surface area contributed by atoms with E-state index in [2.05, 4.69) is 0 Å². The maximum absolute atomic E-state index is 9.32. The average Bonchev–Trinajstić information content (AvgIpc) is 1.94. The molecule has 0 aliphatic heterocycles. The number of hydrogen-bond acceptors (Lipinski definition) is 8. The van der Waals surface area contributed by atoms with Crippen molar-refractivity contribution in [1.29, 1.82) is 0 Å². The fourth-order valence-electron chi connectivity index (χ4n) is 0.0907. The molecular formula is C4H6Na2O10S2. The van der Waals surface area contributed by atoms with E-state index in [-0.39, 0.29) is 59.1 Å². The minimum Gasteiger partial charge on any atom is -0.726 e. The van der Waals surface area contributed by atoms with Crippen LogP contribution < -0.4 is 59.1 Å². The zero-order chi connectivity index (χ0) is 13.8. The largest absolute Gasteiger partial charge is 1.00 e. The van der Waals surface area contributed by atoms with Crippen LogP contribution >= 0.6 is 0 Å². The maximum atomic E-state index is 9.32. The van der Waals surface area contributed by atoms with Gasteiger partial charge in [-0.1, -0.05) is 0 Å². The van der Waals surface area contributed by atoms with Crippen LogP contribution in [0.25, 0.3) is 0 Å². The van der Waals surface area contributed by atoms with Crippen molar-refractivity contribution in [3.63, 3.8) is 0 Å². The Hall–Kier alpha value is 0.820. The molecule has 0 saturated heterocycles. The van der Waals surface area contributed by atoms with E-state index in [1.54, 1.807) is 0 Å². The van der Waals surface area contributed by atoms with Crippen molar-refractivity contribution in [3.05, 3.63) is 12.2 Å². The summed E-state index contributed by atoms with van der Waals surface area (Å²) >= 11 is 0. The van der Waals surface area contributed by atoms with Crippen LogP contribution in [-0.4, -0.2) is 47.6 Å². The van der Waals surface area contributed by atoms with Gasteiger partial charge in [-0.2, -0.15) is 0 Å². The fourth-order valence-corrected chi connectivity index (χ4v) is 0.0907. The Kier molecular flexibility index (Phi) is 31.0. The second-order valence-corrected chi connectivity index (χ2v) is 3.22. The summed E-state index contributed by atoms with van der Waals surface area (Å²) in [6.07, 6.45) is 3.36. The molecule has 0 amide bonds. The van der Waals surface area contributed by atoms with Gasteiger partial charge >= 0.3 is 59.1 Å². The molecule has 0 aliphatic rings. The van der Waals surface area contributed by atoms with Crippen molar-refractivity contribution in [1.82, 2.24) is 0 Å². The van der Waals surface area contributed by atoms with Crippen LogP contribution in [0.15, 0.2) is 12.2 Å². The topological polar surface area (TPSA) is 189 Å². The van der Waals surface area contributed by atoms with Gasteiger partial charge in [-0.15, -0.1) is 0 Å². The summed E-state index contributed by atoms with van der Waals surface area (Å²) < 4.78 is 65.7. The molecule has 0 aromatic heterocycles. The summed E-state index contributed by atoms with van der Waals surface area (Å²) in [6.45, 7) is 0. The summed E-state index contributed by atoms with van der Waals surface area (Å²) in [7, 11) is -9.83. The SMILES string of the molecule is O=C/C=C\C=O.O=S(=O)([O-])O.O=S(=O)([O-])O.[Na+].[Na+]. The Morgan fingerprint density at radius 3 is 0.889 bits per heavy atom. The van der Waals surface area contributed by atoms with Gasteiger partial charge in [0.1, 0.15) is 12.6 Å². The van der Waals surface area contributed by atoms with Crippen molar-refractivity contribution < 1.29 is 104 Å². The predicted molar refractivity (Wildman–Crippen MR) is 45.9 cm³/mol. The van der Waals surface area contributed by atoms with Crippen LogP contribution in [-0.2, 0) is 30.4 Å². The van der Waals surface area contributed by atoms with E-state index in [0.717, 1.165) is 12.2 Å². The molecule has 0 radical (unpaired) electrons. The van der Waals surface area contributed by atoms with E-state index in [0.29, 0.717) is 12.6 Å². The number of carbonyl (C=O) groups is 2. The van der Waals surface area contributed by atoms with E-state index in [1.807, 2.05) is 0 Å². The van der Waals surface area contributed by atoms with Crippen LogP contribution in [0.5, 0.6) is 0 Å². The molecule has 0 saturated carbocycles. The van der Waals surface area contributed by atoms with Crippen LogP contribution in [0.1, 0.15) is 0 Å². The summed E-state index contributed by atoms with van der Waals surface area (Å²) in [6, 6.07) is 0. The Balaban J connectivity index is -0.0000000447. The minimum absolute atomic E-state index is 0. The van der Waals surface area contributed by atoms with E-state index in [9.17, 15) is 9.59 Å². The third kappa shape index (κ3) is 288. The van der Waals surface area contributed by atoms with Gasteiger partial charge in [-0.05, 0) is 12.2 Å². The summed E-state index contributed by atoms with van der Waals surface area (Å²) in [5.74, 6) is 0. The smallest absolute Gasteiger partial charge is 0.726 e. The van der Waals surface area contributed by atoms with Gasteiger partial charge in [0.05, 0.1) is 0 Å². The average molecular weight is 324 g/mol. The molecule has 0 atom stereocenters. The number of allylic oxidation sites excluding steroid dienone is 2. The Bertz CT molecular complexity index is 353. The second kappa shape index (κ2) is 17.8. The predicted octanol–water partition coefficient (Wildman–Crippen LogP) is -8.04. The fraction of sp³-hybridized carbons (Fsp3) is 0. The van der Waals surface area contributed by atoms with Gasteiger partial charge in [-0.25, -0.2) is 16.8 Å². The van der Waals surface area contributed by atoms with Crippen molar-refractivity contribution >= 4 is 33.4 Å². The number of carbonyl (C=O) groups excluding carboxylic acids is 2. The summed E-state index contributed by atoms with van der Waals surface area (Å²) in [4.78, 5) is 18.6. The molecule has 18 heavy (non-hydrogen) atoms. The van der Waals surface area contributed by atoms with Crippen LogP contribution in [0.3, 0.4) is 0 Å². The van der Waals surface area contributed by atoms with Gasteiger partial charge in [0.15, 0.2) is 0 Å². The Morgan fingerprint density at radius 2 is 0.833 bits per heavy atom. The second-order valence-electron chi connectivity index (χ2n) is 1.51. The van der Waals surface area contributed by atoms with Gasteiger partial charge in [-0.3, -0.25) is 18.7 Å². The van der Waals surface area contributed by atoms with E-state index >= 15 is 0 Å². The molecule has 10 nitrogen and oxygen atoms in total. The molecule has 14 heteroatoms. The molecule has 0 aromatic rings. The van der Waals surface area contributed by atoms with Crippen molar-refractivity contribution in [2.75, 3.05) is 0 Å². The number of hydrogen-bond donors (Lipinski definition) is 2. The van der Waals surface area contributed by atoms with Crippen molar-refractivity contribution in [3.8, 4) is 0 Å². The molecule has 0 unspecified atom stereocenters. The minimum atomic E-state index is -4.92. The molecule has 2 N–H and O–H groups in total. The van der Waals surface area contributed by atoms with Crippen molar-refractivity contribution in [2.45, 2.75) is 0 Å². The van der Waals surface area contributed by atoms with Crippen molar-refractivity contribution in [2.24, 2.45) is 0 Å². The van der Waals surface area contributed by atoms with Gasteiger partial charge in [0.25, 0.3) is 0 Å². The van der Waals surface area contributed by atoms with E-state index in [1.165, 1.54) is 0 Å². The van der Waals surface area contributed by atoms with Gasteiger partial charge < -0.3 is 9.11 Å². The van der Waals surface area contributed by atoms with Gasteiger partial charge in [0.2, 0.25) is 20.8 Å². The van der Waals surface area contributed by atoms with Gasteiger partial charge in [0, 0.05) is 0 Å². The quantitative estimate of drug-likeness (QED) is 0.162. The summed E-state index contributed by atoms with van der Waals surface area (Å²) in [5.41, 5.74) is 0. The van der Waals surface area contributed by atoms with Crippen LogP contribution in [0.4, 0.5) is 0 Å². The number of aldehydes is 2. The third-order valence-corrected chi connectivity index (χ3v) is 0.268. The first-order valence-electron chi connectivity index (χ1n) is 2.84. The normalized spacial score (nSPS) is 9.33. The van der Waals surface area contributed by atoms with E-state index < -0.39 is 20.8 Å². The molecule has 0 fully saturated rings. The Labute approximate surface area is 148 Å². The first kappa shape index (κ1) is 31.3. The molecule has 0 aliphatic carbocycles. The van der Waals surface area contributed by atoms with E-state index in [4.69, 9.17) is 35.0 Å². The number of rotatable bonds is 2. The first-order chi connectivity index (χ1) is 6.91. The zero-order valence-corrected chi connectivity index (χ0v) is 14.9. The molecule has 0 bridgehead atoms. The first-order valence-corrected chi connectivity index (χ1v) is 5.57. The zero-order valence-electron chi connectivity index (χ0n) is 9.29. The molecule has 0 spiro atoms. The van der Waals surface area contributed by atoms with Crippen LogP contribution in [0.2, 0.25) is 0 Å².